The molecule has 5 heteroatoms. The van der Waals surface area contributed by atoms with Crippen molar-refractivity contribution in [3.63, 3.8) is 0 Å². The first-order valence-corrected chi connectivity index (χ1v) is 6.17. The third-order valence-electron chi connectivity index (χ3n) is 3.27. The summed E-state index contributed by atoms with van der Waals surface area (Å²) in [6, 6.07) is 1.61. The van der Waals surface area contributed by atoms with Gasteiger partial charge in [-0.25, -0.2) is 4.79 Å². The highest BCUT2D eigenvalue weighted by Gasteiger charge is 2.40. The normalized spacial score (nSPS) is 18.4. The topological polar surface area (TPSA) is 62.9 Å². The van der Waals surface area contributed by atoms with E-state index in [1.807, 2.05) is 0 Å². The number of carbonyl (C=O) groups excluding carboxylic acids is 1. The van der Waals surface area contributed by atoms with Gasteiger partial charge in [-0.3, -0.25) is 4.90 Å². The van der Waals surface area contributed by atoms with E-state index in [1.165, 1.54) is 13.4 Å². The lowest BCUT2D eigenvalue weighted by atomic mass is 9.89. The predicted molar refractivity (Wildman–Crippen MR) is 65.2 cm³/mol. The maximum Gasteiger partial charge on any atom is 0.341 e. The van der Waals surface area contributed by atoms with Crippen LogP contribution in [0.3, 0.4) is 0 Å². The molecule has 0 saturated carbocycles. The highest BCUT2D eigenvalue weighted by atomic mass is 16.5. The van der Waals surface area contributed by atoms with Gasteiger partial charge in [-0.2, -0.15) is 0 Å². The van der Waals surface area contributed by atoms with Crippen molar-refractivity contribution in [3.05, 3.63) is 23.7 Å². The minimum atomic E-state index is -0.563. The van der Waals surface area contributed by atoms with Crippen LogP contribution in [0, 0.1) is 0 Å². The fourth-order valence-electron chi connectivity index (χ4n) is 2.48. The fraction of sp³-hybridized carbons (Fsp3) is 0.615. The Balaban J connectivity index is 1.93. The van der Waals surface area contributed by atoms with Crippen molar-refractivity contribution in [2.75, 3.05) is 20.2 Å². The number of aliphatic hydroxyl groups is 1. The van der Waals surface area contributed by atoms with E-state index < -0.39 is 5.60 Å². The van der Waals surface area contributed by atoms with E-state index in [0.29, 0.717) is 31.0 Å². The molecular formula is C13H19NO4. The van der Waals surface area contributed by atoms with E-state index >= 15 is 0 Å². The van der Waals surface area contributed by atoms with Crippen LogP contribution in [0.2, 0.25) is 0 Å². The standard InChI is InChI=1S/C13H19NO4/c1-3-5-13(16)8-14(9-13)7-11-10(4-6-18-11)12(15)17-2/h4,6,16H,3,5,7-9H2,1-2H3. The Morgan fingerprint density at radius 1 is 1.61 bits per heavy atom. The van der Waals surface area contributed by atoms with Gasteiger partial charge in [0.1, 0.15) is 11.3 Å². The van der Waals surface area contributed by atoms with Crippen LogP contribution in [0.15, 0.2) is 16.7 Å². The Labute approximate surface area is 106 Å². The van der Waals surface area contributed by atoms with Gasteiger partial charge in [-0.05, 0) is 12.5 Å². The predicted octanol–water partition coefficient (Wildman–Crippen LogP) is 1.41. The van der Waals surface area contributed by atoms with Gasteiger partial charge in [-0.15, -0.1) is 0 Å². The van der Waals surface area contributed by atoms with Crippen LogP contribution in [-0.2, 0) is 11.3 Å². The highest BCUT2D eigenvalue weighted by molar-refractivity contribution is 5.90. The molecule has 1 aliphatic heterocycles. The molecule has 1 N–H and O–H groups in total. The molecule has 0 aromatic carbocycles. The van der Waals surface area contributed by atoms with Crippen molar-refractivity contribution in [3.8, 4) is 0 Å². The SMILES string of the molecule is CCCC1(O)CN(Cc2occc2C(=O)OC)C1. The quantitative estimate of drug-likeness (QED) is 0.804. The second kappa shape index (κ2) is 5.12. The van der Waals surface area contributed by atoms with Crippen molar-refractivity contribution in [1.29, 1.82) is 0 Å². The summed E-state index contributed by atoms with van der Waals surface area (Å²) < 4.78 is 9.98. The molecule has 1 aliphatic rings. The Bertz CT molecular complexity index is 420. The average Bonchev–Trinajstić information content (AvgIpc) is 2.74. The molecule has 0 radical (unpaired) electrons. The summed E-state index contributed by atoms with van der Waals surface area (Å²) in [4.78, 5) is 13.5. The molecule has 2 rings (SSSR count). The molecule has 0 atom stereocenters. The molecule has 0 amide bonds. The molecule has 1 fully saturated rings. The number of β-amino-alcohol motifs (C(OH)–C–C–N with tert-alkyl or cyclic N) is 1. The number of methoxy groups -OCH3 is 1. The van der Waals surface area contributed by atoms with Gasteiger partial charge >= 0.3 is 5.97 Å². The van der Waals surface area contributed by atoms with Crippen LogP contribution < -0.4 is 0 Å². The van der Waals surface area contributed by atoms with Crippen molar-refractivity contribution in [1.82, 2.24) is 4.90 Å². The minimum Gasteiger partial charge on any atom is -0.467 e. The number of esters is 1. The van der Waals surface area contributed by atoms with Crippen LogP contribution >= 0.6 is 0 Å². The molecule has 1 saturated heterocycles. The van der Waals surface area contributed by atoms with Crippen molar-refractivity contribution < 1.29 is 19.1 Å². The van der Waals surface area contributed by atoms with Gasteiger partial charge in [0.2, 0.25) is 0 Å². The maximum atomic E-state index is 11.5. The summed E-state index contributed by atoms with van der Waals surface area (Å²) in [7, 11) is 1.35. The number of carbonyl (C=O) groups is 1. The van der Waals surface area contributed by atoms with Gasteiger partial charge in [0.25, 0.3) is 0 Å². The maximum absolute atomic E-state index is 11.5. The molecule has 2 heterocycles. The number of furan rings is 1. The monoisotopic (exact) mass is 253 g/mol. The lowest BCUT2D eigenvalue weighted by Crippen LogP contribution is -2.61. The smallest absolute Gasteiger partial charge is 0.341 e. The molecular weight excluding hydrogens is 234 g/mol. The average molecular weight is 253 g/mol. The van der Waals surface area contributed by atoms with Crippen LogP contribution in [0.4, 0.5) is 0 Å². The number of likely N-dealkylation sites (tertiary alicyclic amines) is 1. The molecule has 1 aromatic heterocycles. The van der Waals surface area contributed by atoms with Gasteiger partial charge < -0.3 is 14.3 Å². The third kappa shape index (κ3) is 2.57. The van der Waals surface area contributed by atoms with Gasteiger partial charge in [-0.1, -0.05) is 13.3 Å². The number of hydrogen-bond donors (Lipinski definition) is 1. The summed E-state index contributed by atoms with van der Waals surface area (Å²) in [5.41, 5.74) is -0.101. The van der Waals surface area contributed by atoms with E-state index in [4.69, 9.17) is 4.42 Å². The summed E-state index contributed by atoms with van der Waals surface area (Å²) in [6.07, 6.45) is 3.27. The van der Waals surface area contributed by atoms with Gasteiger partial charge in [0, 0.05) is 13.1 Å². The van der Waals surface area contributed by atoms with Gasteiger partial charge in [0.15, 0.2) is 0 Å². The Kier molecular flexibility index (Phi) is 3.73. The number of ether oxygens (including phenoxy) is 1. The van der Waals surface area contributed by atoms with E-state index in [1.54, 1.807) is 6.07 Å². The molecule has 1 aromatic rings. The van der Waals surface area contributed by atoms with E-state index in [9.17, 15) is 9.90 Å². The first-order chi connectivity index (χ1) is 8.58. The molecule has 0 bridgehead atoms. The second-order valence-electron chi connectivity index (χ2n) is 4.87. The molecule has 0 aliphatic carbocycles. The molecule has 18 heavy (non-hydrogen) atoms. The zero-order chi connectivity index (χ0) is 13.2. The Hall–Kier alpha value is -1.33. The van der Waals surface area contributed by atoms with Crippen LogP contribution in [0.25, 0.3) is 0 Å². The van der Waals surface area contributed by atoms with Crippen molar-refractivity contribution >= 4 is 5.97 Å². The first kappa shape index (κ1) is 13.1. The van der Waals surface area contributed by atoms with Crippen LogP contribution in [0.1, 0.15) is 35.9 Å². The van der Waals surface area contributed by atoms with Crippen LogP contribution in [0.5, 0.6) is 0 Å². The van der Waals surface area contributed by atoms with Crippen molar-refractivity contribution in [2.24, 2.45) is 0 Å². The molecule has 5 nitrogen and oxygen atoms in total. The summed E-state index contributed by atoms with van der Waals surface area (Å²) in [5.74, 6) is 0.212. The summed E-state index contributed by atoms with van der Waals surface area (Å²) in [5, 5.41) is 10.1. The first-order valence-electron chi connectivity index (χ1n) is 6.17. The Morgan fingerprint density at radius 3 is 2.94 bits per heavy atom. The lowest BCUT2D eigenvalue weighted by Gasteiger charge is -2.46. The van der Waals surface area contributed by atoms with E-state index in [-0.39, 0.29) is 5.97 Å². The number of nitrogens with zero attached hydrogens (tertiary/aromatic N) is 1. The largest absolute Gasteiger partial charge is 0.467 e. The Morgan fingerprint density at radius 2 is 2.33 bits per heavy atom. The highest BCUT2D eigenvalue weighted by Crippen LogP contribution is 2.28. The third-order valence-corrected chi connectivity index (χ3v) is 3.27. The molecule has 0 unspecified atom stereocenters. The number of hydrogen-bond acceptors (Lipinski definition) is 5. The van der Waals surface area contributed by atoms with E-state index in [2.05, 4.69) is 16.6 Å². The zero-order valence-electron chi connectivity index (χ0n) is 10.8. The number of rotatable bonds is 5. The van der Waals surface area contributed by atoms with Crippen molar-refractivity contribution in [2.45, 2.75) is 31.9 Å². The van der Waals surface area contributed by atoms with Gasteiger partial charge in [0.05, 0.1) is 25.5 Å². The lowest BCUT2D eigenvalue weighted by molar-refractivity contribution is -0.108. The zero-order valence-corrected chi connectivity index (χ0v) is 10.8. The molecule has 100 valence electrons. The summed E-state index contributed by atoms with van der Waals surface area (Å²) in [6.45, 7) is 3.84. The fourth-order valence-corrected chi connectivity index (χ4v) is 2.48. The minimum absolute atomic E-state index is 0.386. The van der Waals surface area contributed by atoms with Crippen LogP contribution in [-0.4, -0.2) is 41.8 Å². The van der Waals surface area contributed by atoms with E-state index in [0.717, 1.165) is 12.8 Å². The molecule has 0 spiro atoms. The second-order valence-corrected chi connectivity index (χ2v) is 4.87. The summed E-state index contributed by atoms with van der Waals surface area (Å²) >= 11 is 0.